The molecule has 0 aliphatic rings. The molecule has 0 nitrogen and oxygen atoms in total. The monoisotopic (exact) mass is 384 g/mol. The summed E-state index contributed by atoms with van der Waals surface area (Å²) in [4.78, 5) is 0. The molecule has 0 heterocycles. The molecule has 0 heteroatoms. The summed E-state index contributed by atoms with van der Waals surface area (Å²) in [5.74, 6) is 0. The molecule has 0 radical (unpaired) electrons. The first-order chi connectivity index (χ1) is 13.9. The lowest BCUT2D eigenvalue weighted by Gasteiger charge is -2.03. The summed E-state index contributed by atoms with van der Waals surface area (Å²) in [6.45, 7) is 5.93. The molecular weight excluding hydrogens is 336 g/mol. The van der Waals surface area contributed by atoms with Gasteiger partial charge in [0.25, 0.3) is 0 Å². The molecule has 0 aliphatic heterocycles. The van der Waals surface area contributed by atoms with E-state index in [1.807, 2.05) is 24.3 Å². The first-order valence-corrected chi connectivity index (χ1v) is 12.2. The fourth-order valence-corrected chi connectivity index (χ4v) is 3.38. The van der Waals surface area contributed by atoms with E-state index in [1.54, 1.807) is 6.08 Å². The van der Waals surface area contributed by atoms with Crippen LogP contribution in [0, 0.1) is 0 Å². The van der Waals surface area contributed by atoms with Crippen molar-refractivity contribution in [1.29, 1.82) is 0 Å². The van der Waals surface area contributed by atoms with Gasteiger partial charge in [0.1, 0.15) is 0 Å². The summed E-state index contributed by atoms with van der Waals surface area (Å²) in [6, 6.07) is 0. The fraction of sp³-hybridized carbons (Fsp3) is 0.643. The maximum Gasteiger partial charge on any atom is -0.0348 e. The van der Waals surface area contributed by atoms with Crippen LogP contribution < -0.4 is 0 Å². The van der Waals surface area contributed by atoms with E-state index in [2.05, 4.69) is 37.8 Å². The molecule has 0 rings (SSSR count). The molecule has 0 aromatic carbocycles. The van der Waals surface area contributed by atoms with Crippen LogP contribution in [0.1, 0.15) is 116 Å². The molecule has 28 heavy (non-hydrogen) atoms. The zero-order valence-corrected chi connectivity index (χ0v) is 18.9. The predicted octanol–water partition coefficient (Wildman–Crippen LogP) is 10.0. The van der Waals surface area contributed by atoms with E-state index in [4.69, 9.17) is 0 Å². The van der Waals surface area contributed by atoms with Crippen LogP contribution in [0.25, 0.3) is 0 Å². The average molecular weight is 385 g/mol. The van der Waals surface area contributed by atoms with Crippen LogP contribution in [0.15, 0.2) is 61.3 Å². The van der Waals surface area contributed by atoms with Crippen molar-refractivity contribution < 1.29 is 0 Å². The van der Waals surface area contributed by atoms with Gasteiger partial charge < -0.3 is 0 Å². The van der Waals surface area contributed by atoms with Crippen molar-refractivity contribution in [3.63, 3.8) is 0 Å². The van der Waals surface area contributed by atoms with Gasteiger partial charge in [-0.25, -0.2) is 0 Å². The van der Waals surface area contributed by atoms with Crippen LogP contribution in [0.3, 0.4) is 0 Å². The Morgan fingerprint density at radius 2 is 0.786 bits per heavy atom. The first kappa shape index (κ1) is 26.7. The molecule has 0 aliphatic carbocycles. The third-order valence-electron chi connectivity index (χ3n) is 5.16. The van der Waals surface area contributed by atoms with Gasteiger partial charge in [-0.05, 0) is 12.8 Å². The van der Waals surface area contributed by atoms with Crippen molar-refractivity contribution in [2.24, 2.45) is 0 Å². The van der Waals surface area contributed by atoms with Crippen LogP contribution in [0.2, 0.25) is 0 Å². The van der Waals surface area contributed by atoms with Gasteiger partial charge in [0.15, 0.2) is 0 Å². The Morgan fingerprint density at radius 3 is 1.21 bits per heavy atom. The molecule has 0 saturated heterocycles. The molecule has 0 saturated carbocycles. The molecule has 0 aromatic rings. The van der Waals surface area contributed by atoms with E-state index in [-0.39, 0.29) is 0 Å². The summed E-state index contributed by atoms with van der Waals surface area (Å²) in [5, 5.41) is 0. The van der Waals surface area contributed by atoms with Gasteiger partial charge in [-0.3, -0.25) is 0 Å². The summed E-state index contributed by atoms with van der Waals surface area (Å²) in [7, 11) is 0. The second kappa shape index (κ2) is 25.7. The van der Waals surface area contributed by atoms with Crippen LogP contribution in [0.5, 0.6) is 0 Å². The summed E-state index contributed by atoms with van der Waals surface area (Å²) >= 11 is 0. The maximum atomic E-state index is 3.64. The van der Waals surface area contributed by atoms with Crippen molar-refractivity contribution >= 4 is 0 Å². The molecule has 0 N–H and O–H groups in total. The second-order valence-corrected chi connectivity index (χ2v) is 7.91. The van der Waals surface area contributed by atoms with E-state index in [0.717, 1.165) is 0 Å². The molecule has 0 atom stereocenters. The van der Waals surface area contributed by atoms with Crippen molar-refractivity contribution in [3.8, 4) is 0 Å². The molecular formula is C28H48. The number of hydrogen-bond donors (Lipinski definition) is 0. The summed E-state index contributed by atoms with van der Waals surface area (Å²) < 4.78 is 0. The summed E-state index contributed by atoms with van der Waals surface area (Å²) in [6.07, 6.45) is 42.6. The molecule has 0 fully saturated rings. The highest BCUT2D eigenvalue weighted by Gasteiger charge is 1.94. The molecule has 0 bridgehead atoms. The van der Waals surface area contributed by atoms with Gasteiger partial charge >= 0.3 is 0 Å². The maximum absolute atomic E-state index is 3.64. The number of unbranched alkanes of at least 4 members (excludes halogenated alkanes) is 16. The largest absolute Gasteiger partial charge is 0.0991 e. The van der Waals surface area contributed by atoms with Crippen molar-refractivity contribution in [1.82, 2.24) is 0 Å². The van der Waals surface area contributed by atoms with E-state index < -0.39 is 0 Å². The number of hydrogen-bond acceptors (Lipinski definition) is 0. The minimum Gasteiger partial charge on any atom is -0.0991 e. The van der Waals surface area contributed by atoms with Crippen molar-refractivity contribution in [2.45, 2.75) is 116 Å². The van der Waals surface area contributed by atoms with Crippen LogP contribution in [-0.2, 0) is 0 Å². The van der Waals surface area contributed by atoms with E-state index >= 15 is 0 Å². The molecule has 0 amide bonds. The van der Waals surface area contributed by atoms with Crippen molar-refractivity contribution in [3.05, 3.63) is 61.3 Å². The quantitative estimate of drug-likeness (QED) is 0.136. The zero-order chi connectivity index (χ0) is 20.4. The lowest BCUT2D eigenvalue weighted by atomic mass is 10.0. The Hall–Kier alpha value is -1.30. The Bertz CT molecular complexity index is 408. The first-order valence-electron chi connectivity index (χ1n) is 12.2. The van der Waals surface area contributed by atoms with Gasteiger partial charge in [0.2, 0.25) is 0 Å². The molecule has 0 unspecified atom stereocenters. The third-order valence-corrected chi connectivity index (χ3v) is 5.16. The lowest BCUT2D eigenvalue weighted by molar-refractivity contribution is 0.530. The molecule has 0 aromatic heterocycles. The van der Waals surface area contributed by atoms with E-state index in [9.17, 15) is 0 Å². The zero-order valence-electron chi connectivity index (χ0n) is 18.9. The van der Waals surface area contributed by atoms with E-state index in [1.165, 1.54) is 109 Å². The normalized spacial score (nSPS) is 12.3. The van der Waals surface area contributed by atoms with Crippen molar-refractivity contribution in [2.75, 3.05) is 0 Å². The number of rotatable bonds is 21. The Balaban J connectivity index is 3.18. The topological polar surface area (TPSA) is 0 Å². The standard InChI is InChI=1S/C28H48/c1-3-5-7-9-11-13-15-17-19-21-23-25-27-28-26-24-22-20-18-16-14-12-10-8-6-4-2/h3,5,7,9,11,13,15,17,19H,1,4,6,8,10,12,14,16,18,20-28H2,2H3. The van der Waals surface area contributed by atoms with Crippen LogP contribution >= 0.6 is 0 Å². The Kier molecular flexibility index (Phi) is 24.5. The highest BCUT2D eigenvalue weighted by atomic mass is 14.0. The third kappa shape index (κ3) is 24.7. The summed E-state index contributed by atoms with van der Waals surface area (Å²) in [5.41, 5.74) is 0. The van der Waals surface area contributed by atoms with Gasteiger partial charge in [-0.2, -0.15) is 0 Å². The SMILES string of the molecule is C=CC=CC=CC=CC=CCCCCCCCCCCCCCCCCCC. The predicted molar refractivity (Wildman–Crippen MR) is 131 cm³/mol. The van der Waals surface area contributed by atoms with Gasteiger partial charge in [0, 0.05) is 0 Å². The minimum absolute atomic E-state index is 1.21. The second-order valence-electron chi connectivity index (χ2n) is 7.91. The van der Waals surface area contributed by atoms with Gasteiger partial charge in [-0.1, -0.05) is 164 Å². The highest BCUT2D eigenvalue weighted by Crippen LogP contribution is 2.14. The van der Waals surface area contributed by atoms with Crippen LogP contribution in [-0.4, -0.2) is 0 Å². The smallest absolute Gasteiger partial charge is 0.0348 e. The average Bonchev–Trinajstić information content (AvgIpc) is 2.71. The molecule has 0 spiro atoms. The number of allylic oxidation sites excluding steroid dienone is 9. The Labute approximate surface area is 177 Å². The Morgan fingerprint density at radius 1 is 0.429 bits per heavy atom. The van der Waals surface area contributed by atoms with Gasteiger partial charge in [0.05, 0.1) is 0 Å². The minimum atomic E-state index is 1.21. The van der Waals surface area contributed by atoms with Gasteiger partial charge in [-0.15, -0.1) is 0 Å². The van der Waals surface area contributed by atoms with E-state index in [0.29, 0.717) is 0 Å². The lowest BCUT2D eigenvalue weighted by Crippen LogP contribution is -1.83. The molecule has 160 valence electrons. The van der Waals surface area contributed by atoms with Crippen LogP contribution in [0.4, 0.5) is 0 Å². The highest BCUT2D eigenvalue weighted by molar-refractivity contribution is 5.17. The fourth-order valence-electron chi connectivity index (χ4n) is 3.38.